The molecule has 2 heterocycles. The topological polar surface area (TPSA) is 116 Å². The van der Waals surface area contributed by atoms with Crippen LogP contribution in [0.1, 0.15) is 35.4 Å². The van der Waals surface area contributed by atoms with Gasteiger partial charge in [0.1, 0.15) is 18.2 Å². The van der Waals surface area contributed by atoms with Crippen molar-refractivity contribution in [3.8, 4) is 5.75 Å². The van der Waals surface area contributed by atoms with E-state index in [-0.39, 0.29) is 37.9 Å². The first-order valence-electron chi connectivity index (χ1n) is 17.5. The number of amides is 4. The number of aliphatic hydroxyl groups excluding tert-OH is 1. The second-order valence-electron chi connectivity index (χ2n) is 13.8. The van der Waals surface area contributed by atoms with Gasteiger partial charge in [-0.15, -0.1) is 0 Å². The van der Waals surface area contributed by atoms with Crippen LogP contribution in [0, 0.1) is 29.5 Å². The fourth-order valence-corrected chi connectivity index (χ4v) is 9.09. The minimum atomic E-state index is -1.50. The molecule has 268 valence electrons. The summed E-state index contributed by atoms with van der Waals surface area (Å²) in [5.41, 5.74) is 5.18. The summed E-state index contributed by atoms with van der Waals surface area (Å²) in [7, 11) is 0. The van der Waals surface area contributed by atoms with Crippen LogP contribution in [0.15, 0.2) is 115 Å². The van der Waals surface area contributed by atoms with E-state index in [4.69, 9.17) is 16.3 Å². The molecule has 53 heavy (non-hydrogen) atoms. The standard InChI is InChI=1S/C42H35ClFN3O6/c1-2-24-3-15-30(16-4-24)46-38(49)33-20-19-32-34(36(33)40(46)51)23-35-39(50)47(45-29-13-11-28(44)12-14-29)41(52)42(35,26-7-9-27(43)10-8-26)37(32)25-5-17-31(18-6-25)53-22-21-48/h2-19,33-37,45,48H,1,20-23H2/t33-,34+,35-,36-,37-,42+/m0/s1. The Morgan fingerprint density at radius 3 is 2.25 bits per heavy atom. The number of benzene rings is 4. The third-order valence-electron chi connectivity index (χ3n) is 11.2. The maximum atomic E-state index is 15.2. The van der Waals surface area contributed by atoms with E-state index in [1.165, 1.54) is 29.2 Å². The molecule has 4 aromatic carbocycles. The fraction of sp³-hybridized carbons (Fsp3) is 0.238. The normalized spacial score (nSPS) is 26.2. The number of nitrogens with zero attached hydrogens (tertiary/aromatic N) is 2. The van der Waals surface area contributed by atoms with Gasteiger partial charge in [-0.1, -0.05) is 72.3 Å². The molecule has 4 amide bonds. The van der Waals surface area contributed by atoms with Gasteiger partial charge in [0.25, 0.3) is 11.8 Å². The zero-order valence-electron chi connectivity index (χ0n) is 28.5. The van der Waals surface area contributed by atoms with Gasteiger partial charge < -0.3 is 9.84 Å². The van der Waals surface area contributed by atoms with Crippen molar-refractivity contribution >= 4 is 52.7 Å². The first-order chi connectivity index (χ1) is 25.7. The number of hydrazine groups is 1. The van der Waals surface area contributed by atoms with Gasteiger partial charge in [0.15, 0.2) is 0 Å². The molecular formula is C42H35ClFN3O6. The van der Waals surface area contributed by atoms with E-state index in [0.29, 0.717) is 33.3 Å². The second kappa shape index (κ2) is 13.4. The predicted octanol–water partition coefficient (Wildman–Crippen LogP) is 6.68. The Balaban J connectivity index is 1.29. The average Bonchev–Trinajstić information content (AvgIpc) is 3.56. The largest absolute Gasteiger partial charge is 0.491 e. The Bertz CT molecular complexity index is 2150. The van der Waals surface area contributed by atoms with Crippen LogP contribution in [0.5, 0.6) is 5.75 Å². The van der Waals surface area contributed by atoms with Crippen LogP contribution in [0.3, 0.4) is 0 Å². The lowest BCUT2D eigenvalue weighted by Gasteiger charge is -2.50. The number of ether oxygens (including phenoxy) is 1. The van der Waals surface area contributed by atoms with E-state index in [2.05, 4.69) is 12.0 Å². The minimum Gasteiger partial charge on any atom is -0.491 e. The molecule has 4 aliphatic rings. The second-order valence-corrected chi connectivity index (χ2v) is 14.3. The van der Waals surface area contributed by atoms with Gasteiger partial charge in [-0.25, -0.2) is 4.39 Å². The van der Waals surface area contributed by atoms with Crippen molar-refractivity contribution in [2.75, 3.05) is 23.5 Å². The molecule has 2 aliphatic carbocycles. The number of nitrogens with one attached hydrogen (secondary N) is 1. The van der Waals surface area contributed by atoms with Crippen LogP contribution in [0.2, 0.25) is 5.02 Å². The van der Waals surface area contributed by atoms with E-state index in [1.54, 1.807) is 66.7 Å². The lowest BCUT2D eigenvalue weighted by atomic mass is 9.49. The SMILES string of the molecule is C=Cc1ccc(N2C(=O)[C@H]3[C@H](CC=C4[C@H]3C[C@H]3C(=O)N(Nc5ccc(F)cc5)C(=O)[C@@]3(c3ccc(Cl)cc3)[C@H]4c3ccc(OCCO)cc3)C2=O)cc1. The first-order valence-corrected chi connectivity index (χ1v) is 17.9. The average molecular weight is 732 g/mol. The Hall–Kier alpha value is -5.58. The molecule has 2 saturated heterocycles. The molecular weight excluding hydrogens is 697 g/mol. The van der Waals surface area contributed by atoms with Crippen LogP contribution in [0.25, 0.3) is 6.08 Å². The smallest absolute Gasteiger partial charge is 0.260 e. The number of hydrogen-bond acceptors (Lipinski definition) is 7. The van der Waals surface area contributed by atoms with Crippen LogP contribution < -0.4 is 15.1 Å². The number of anilines is 2. The number of aliphatic hydroxyl groups is 1. The van der Waals surface area contributed by atoms with E-state index < -0.39 is 52.6 Å². The summed E-state index contributed by atoms with van der Waals surface area (Å²) in [4.78, 5) is 59.8. The third-order valence-corrected chi connectivity index (χ3v) is 11.5. The number of fused-ring (bicyclic) bond motifs is 4. The highest BCUT2D eigenvalue weighted by molar-refractivity contribution is 6.30. The molecule has 1 saturated carbocycles. The maximum Gasteiger partial charge on any atom is 0.260 e. The highest BCUT2D eigenvalue weighted by atomic mass is 35.5. The van der Waals surface area contributed by atoms with E-state index in [0.717, 1.165) is 16.1 Å². The van der Waals surface area contributed by atoms with E-state index >= 15 is 4.79 Å². The molecule has 6 atom stereocenters. The summed E-state index contributed by atoms with van der Waals surface area (Å²) in [6.07, 6.45) is 4.07. The third kappa shape index (κ3) is 5.47. The van der Waals surface area contributed by atoms with E-state index in [1.807, 2.05) is 18.2 Å². The first kappa shape index (κ1) is 34.5. The lowest BCUT2D eigenvalue weighted by Crippen LogP contribution is -2.53. The Morgan fingerprint density at radius 1 is 0.887 bits per heavy atom. The van der Waals surface area contributed by atoms with Crippen LogP contribution in [0.4, 0.5) is 15.8 Å². The van der Waals surface area contributed by atoms with Gasteiger partial charge in [0.05, 0.1) is 41.2 Å². The number of carbonyl (C=O) groups excluding carboxylic acids is 4. The molecule has 11 heteroatoms. The van der Waals surface area contributed by atoms with Crippen LogP contribution in [-0.2, 0) is 24.6 Å². The molecule has 0 spiro atoms. The monoisotopic (exact) mass is 731 g/mol. The van der Waals surface area contributed by atoms with Crippen LogP contribution >= 0.6 is 11.6 Å². The molecule has 2 N–H and O–H groups in total. The van der Waals surface area contributed by atoms with Gasteiger partial charge >= 0.3 is 0 Å². The summed E-state index contributed by atoms with van der Waals surface area (Å²) >= 11 is 6.37. The fourth-order valence-electron chi connectivity index (χ4n) is 8.96. The summed E-state index contributed by atoms with van der Waals surface area (Å²) in [5.74, 6) is -5.29. The molecule has 9 nitrogen and oxygen atoms in total. The zero-order valence-corrected chi connectivity index (χ0v) is 29.2. The zero-order chi connectivity index (χ0) is 37.0. The number of imide groups is 2. The molecule has 0 radical (unpaired) electrons. The van der Waals surface area contributed by atoms with Gasteiger partial charge in [0.2, 0.25) is 11.8 Å². The molecule has 0 bridgehead atoms. The Kier molecular flexibility index (Phi) is 8.75. The molecule has 0 unspecified atom stereocenters. The van der Waals surface area contributed by atoms with Crippen molar-refractivity contribution in [1.82, 2.24) is 5.01 Å². The van der Waals surface area contributed by atoms with Crippen molar-refractivity contribution in [2.45, 2.75) is 24.2 Å². The number of hydrogen-bond donors (Lipinski definition) is 2. The van der Waals surface area contributed by atoms with Crippen molar-refractivity contribution in [2.24, 2.45) is 23.7 Å². The van der Waals surface area contributed by atoms with Gasteiger partial charge in [-0.2, -0.15) is 5.01 Å². The quantitative estimate of drug-likeness (QED) is 0.146. The molecule has 8 rings (SSSR count). The molecule has 2 aliphatic heterocycles. The molecule has 0 aromatic heterocycles. The number of rotatable bonds is 9. The minimum absolute atomic E-state index is 0.0931. The van der Waals surface area contributed by atoms with Crippen LogP contribution in [-0.4, -0.2) is 47.0 Å². The highest BCUT2D eigenvalue weighted by Crippen LogP contribution is 2.64. The summed E-state index contributed by atoms with van der Waals surface area (Å²) in [5, 5.41) is 10.8. The predicted molar refractivity (Wildman–Crippen MR) is 197 cm³/mol. The van der Waals surface area contributed by atoms with Crippen molar-refractivity contribution in [1.29, 1.82) is 0 Å². The summed E-state index contributed by atoms with van der Waals surface area (Å²) in [6.45, 7) is 3.72. The van der Waals surface area contributed by atoms with Crippen molar-refractivity contribution < 1.29 is 33.4 Å². The van der Waals surface area contributed by atoms with Crippen molar-refractivity contribution in [3.05, 3.63) is 143 Å². The van der Waals surface area contributed by atoms with Gasteiger partial charge in [-0.3, -0.25) is 29.5 Å². The molecule has 4 aromatic rings. The Labute approximate surface area is 310 Å². The molecule has 3 fully saturated rings. The lowest BCUT2D eigenvalue weighted by molar-refractivity contribution is -0.138. The highest BCUT2D eigenvalue weighted by Gasteiger charge is 2.70. The number of halogens is 2. The van der Waals surface area contributed by atoms with E-state index in [9.17, 15) is 23.9 Å². The van der Waals surface area contributed by atoms with Crippen molar-refractivity contribution in [3.63, 3.8) is 0 Å². The number of allylic oxidation sites excluding steroid dienone is 2. The summed E-state index contributed by atoms with van der Waals surface area (Å²) < 4.78 is 19.5. The number of carbonyl (C=O) groups is 4. The van der Waals surface area contributed by atoms with Gasteiger partial charge in [-0.05, 0) is 96.1 Å². The van der Waals surface area contributed by atoms with Gasteiger partial charge in [0, 0.05) is 10.9 Å². The Morgan fingerprint density at radius 2 is 1.58 bits per heavy atom. The maximum absolute atomic E-state index is 15.2. The summed E-state index contributed by atoms with van der Waals surface area (Å²) in [6, 6.07) is 26.5.